The van der Waals surface area contributed by atoms with E-state index in [1.165, 1.54) is 12.1 Å². The second-order valence-electron chi connectivity index (χ2n) is 2.95. The van der Waals surface area contributed by atoms with Gasteiger partial charge in [0.2, 0.25) is 0 Å². The number of rotatable bonds is 2. The third-order valence-electron chi connectivity index (χ3n) is 1.72. The van der Waals surface area contributed by atoms with E-state index in [1.807, 2.05) is 0 Å². The standard InChI is InChI=1S/C12H11ClO3/c1-2-16-12(15)5-3-4-9-6-7-11(14)10(13)8-9/h6-8,14H,2,5H2,1H3. The molecule has 0 aromatic heterocycles. The average Bonchev–Trinajstić information content (AvgIpc) is 2.24. The molecule has 0 unspecified atom stereocenters. The summed E-state index contributed by atoms with van der Waals surface area (Å²) >= 11 is 5.70. The lowest BCUT2D eigenvalue weighted by atomic mass is 10.2. The fraction of sp³-hybridized carbons (Fsp3) is 0.250. The van der Waals surface area contributed by atoms with Crippen LogP contribution in [0, 0.1) is 11.8 Å². The van der Waals surface area contributed by atoms with Gasteiger partial charge in [-0.25, -0.2) is 0 Å². The highest BCUT2D eigenvalue weighted by molar-refractivity contribution is 6.32. The molecule has 0 aliphatic rings. The highest BCUT2D eigenvalue weighted by Gasteiger charge is 1.98. The van der Waals surface area contributed by atoms with Crippen LogP contribution in [0.1, 0.15) is 18.9 Å². The lowest BCUT2D eigenvalue weighted by Crippen LogP contribution is -2.01. The number of esters is 1. The molecule has 0 spiro atoms. The van der Waals surface area contributed by atoms with Crippen LogP contribution in [-0.4, -0.2) is 17.7 Å². The van der Waals surface area contributed by atoms with Crippen molar-refractivity contribution in [3.8, 4) is 17.6 Å². The minimum absolute atomic E-state index is 0.0117. The number of aromatic hydroxyl groups is 1. The molecule has 1 aromatic carbocycles. The van der Waals surface area contributed by atoms with Gasteiger partial charge in [-0.15, -0.1) is 0 Å². The largest absolute Gasteiger partial charge is 0.506 e. The van der Waals surface area contributed by atoms with Gasteiger partial charge in [-0.3, -0.25) is 4.79 Å². The predicted octanol–water partition coefficient (Wildman–Crippen LogP) is 2.35. The quantitative estimate of drug-likeness (QED) is 0.636. The van der Waals surface area contributed by atoms with Crippen LogP contribution in [0.2, 0.25) is 5.02 Å². The molecule has 0 aliphatic heterocycles. The van der Waals surface area contributed by atoms with Crippen LogP contribution >= 0.6 is 11.6 Å². The van der Waals surface area contributed by atoms with Crippen molar-refractivity contribution in [2.75, 3.05) is 6.61 Å². The topological polar surface area (TPSA) is 46.5 Å². The second kappa shape index (κ2) is 6.04. The maximum Gasteiger partial charge on any atom is 0.317 e. The lowest BCUT2D eigenvalue weighted by Gasteiger charge is -1.96. The molecule has 0 fully saturated rings. The first-order valence-electron chi connectivity index (χ1n) is 4.76. The van der Waals surface area contributed by atoms with Crippen molar-refractivity contribution < 1.29 is 14.6 Å². The normalized spacial score (nSPS) is 9.12. The van der Waals surface area contributed by atoms with Gasteiger partial charge < -0.3 is 9.84 Å². The molecule has 0 amide bonds. The summed E-state index contributed by atoms with van der Waals surface area (Å²) in [5.74, 6) is 5.09. The van der Waals surface area contributed by atoms with Crippen molar-refractivity contribution in [3.63, 3.8) is 0 Å². The van der Waals surface area contributed by atoms with Gasteiger partial charge >= 0.3 is 5.97 Å². The minimum atomic E-state index is -0.347. The van der Waals surface area contributed by atoms with Crippen LogP contribution in [0.15, 0.2) is 18.2 Å². The van der Waals surface area contributed by atoms with Crippen LogP contribution in [0.5, 0.6) is 5.75 Å². The number of ether oxygens (including phenoxy) is 1. The van der Waals surface area contributed by atoms with E-state index >= 15 is 0 Å². The van der Waals surface area contributed by atoms with Gasteiger partial charge in [-0.2, -0.15) is 0 Å². The molecule has 0 bridgehead atoms. The number of phenolic OH excluding ortho intramolecular Hbond substituents is 1. The summed E-state index contributed by atoms with van der Waals surface area (Å²) in [6.45, 7) is 2.09. The molecular formula is C12H11ClO3. The molecular weight excluding hydrogens is 228 g/mol. The molecule has 0 atom stereocenters. The van der Waals surface area contributed by atoms with Gasteiger partial charge in [-0.05, 0) is 25.1 Å². The van der Waals surface area contributed by atoms with Crippen LogP contribution < -0.4 is 0 Å². The van der Waals surface area contributed by atoms with E-state index in [4.69, 9.17) is 16.3 Å². The number of hydrogen-bond donors (Lipinski definition) is 1. The fourth-order valence-electron chi connectivity index (χ4n) is 1.02. The van der Waals surface area contributed by atoms with Gasteiger partial charge in [-0.1, -0.05) is 23.4 Å². The van der Waals surface area contributed by atoms with Crippen molar-refractivity contribution in [3.05, 3.63) is 28.8 Å². The Balaban J connectivity index is 2.63. The number of halogens is 1. The third-order valence-corrected chi connectivity index (χ3v) is 2.02. The van der Waals surface area contributed by atoms with Gasteiger partial charge in [0, 0.05) is 5.56 Å². The third kappa shape index (κ3) is 3.84. The maximum absolute atomic E-state index is 11.0. The predicted molar refractivity (Wildman–Crippen MR) is 61.2 cm³/mol. The van der Waals surface area contributed by atoms with Crippen molar-refractivity contribution in [1.82, 2.24) is 0 Å². The number of carbonyl (C=O) groups excluding carboxylic acids is 1. The van der Waals surface area contributed by atoms with Gasteiger partial charge in [0.15, 0.2) is 0 Å². The Kier molecular flexibility index (Phi) is 4.68. The Labute approximate surface area is 99.0 Å². The second-order valence-corrected chi connectivity index (χ2v) is 3.36. The van der Waals surface area contributed by atoms with Crippen molar-refractivity contribution in [2.24, 2.45) is 0 Å². The highest BCUT2D eigenvalue weighted by atomic mass is 35.5. The fourth-order valence-corrected chi connectivity index (χ4v) is 1.20. The molecule has 84 valence electrons. The Hall–Kier alpha value is -1.66. The summed E-state index contributed by atoms with van der Waals surface area (Å²) in [6.07, 6.45) is 0.0480. The molecule has 0 saturated heterocycles. The number of hydrogen-bond acceptors (Lipinski definition) is 3. The molecule has 1 N–H and O–H groups in total. The van der Waals surface area contributed by atoms with Crippen molar-refractivity contribution in [2.45, 2.75) is 13.3 Å². The molecule has 16 heavy (non-hydrogen) atoms. The van der Waals surface area contributed by atoms with E-state index in [-0.39, 0.29) is 23.2 Å². The van der Waals surface area contributed by atoms with Crippen molar-refractivity contribution in [1.29, 1.82) is 0 Å². The van der Waals surface area contributed by atoms with Crippen LogP contribution in [0.3, 0.4) is 0 Å². The zero-order valence-electron chi connectivity index (χ0n) is 8.79. The SMILES string of the molecule is CCOC(=O)CC#Cc1ccc(O)c(Cl)c1. The van der Waals surface area contributed by atoms with E-state index in [0.29, 0.717) is 12.2 Å². The minimum Gasteiger partial charge on any atom is -0.506 e. The molecule has 0 saturated carbocycles. The van der Waals surface area contributed by atoms with E-state index in [0.717, 1.165) is 0 Å². The average molecular weight is 239 g/mol. The first-order valence-corrected chi connectivity index (χ1v) is 5.14. The van der Waals surface area contributed by atoms with E-state index in [2.05, 4.69) is 11.8 Å². The zero-order chi connectivity index (χ0) is 12.0. The van der Waals surface area contributed by atoms with Crippen LogP contribution in [0.25, 0.3) is 0 Å². The Morgan fingerprint density at radius 2 is 2.31 bits per heavy atom. The zero-order valence-corrected chi connectivity index (χ0v) is 9.54. The van der Waals surface area contributed by atoms with Crippen LogP contribution in [-0.2, 0) is 9.53 Å². The molecule has 0 aliphatic carbocycles. The van der Waals surface area contributed by atoms with Gasteiger partial charge in [0.25, 0.3) is 0 Å². The Bertz CT molecular complexity index is 443. The van der Waals surface area contributed by atoms with E-state index < -0.39 is 0 Å². The van der Waals surface area contributed by atoms with E-state index in [1.54, 1.807) is 13.0 Å². The number of carbonyl (C=O) groups is 1. The molecule has 4 heteroatoms. The molecule has 0 heterocycles. The Morgan fingerprint density at radius 1 is 1.56 bits per heavy atom. The molecule has 3 nitrogen and oxygen atoms in total. The van der Waals surface area contributed by atoms with Gasteiger partial charge in [0.05, 0.1) is 11.6 Å². The molecule has 1 rings (SSSR count). The lowest BCUT2D eigenvalue weighted by molar-refractivity contribution is -0.141. The maximum atomic E-state index is 11.0. The smallest absolute Gasteiger partial charge is 0.317 e. The summed E-state index contributed by atoms with van der Waals surface area (Å²) in [6, 6.07) is 4.62. The summed E-state index contributed by atoms with van der Waals surface area (Å²) in [5.41, 5.74) is 0.645. The Morgan fingerprint density at radius 3 is 2.94 bits per heavy atom. The molecule has 1 aromatic rings. The van der Waals surface area contributed by atoms with E-state index in [9.17, 15) is 9.90 Å². The van der Waals surface area contributed by atoms with Gasteiger partial charge in [0.1, 0.15) is 12.2 Å². The summed E-state index contributed by atoms with van der Waals surface area (Å²) in [7, 11) is 0. The van der Waals surface area contributed by atoms with Crippen LogP contribution in [0.4, 0.5) is 0 Å². The van der Waals surface area contributed by atoms with Crippen molar-refractivity contribution >= 4 is 17.6 Å². The summed E-state index contributed by atoms with van der Waals surface area (Å²) in [4.78, 5) is 11.0. The highest BCUT2D eigenvalue weighted by Crippen LogP contribution is 2.22. The monoisotopic (exact) mass is 238 g/mol. The number of benzene rings is 1. The summed E-state index contributed by atoms with van der Waals surface area (Å²) in [5, 5.41) is 9.41. The summed E-state index contributed by atoms with van der Waals surface area (Å²) < 4.78 is 4.72. The first-order chi connectivity index (χ1) is 7.63. The first kappa shape index (κ1) is 12.4. The number of phenols is 1. The molecule has 0 radical (unpaired) electrons.